The smallest absolute Gasteiger partial charge is 0.145 e. The van der Waals surface area contributed by atoms with Gasteiger partial charge in [0.15, 0.2) is 0 Å². The lowest BCUT2D eigenvalue weighted by atomic mass is 10.2. The van der Waals surface area contributed by atoms with Crippen LogP contribution in [0.4, 0.5) is 0 Å². The van der Waals surface area contributed by atoms with Crippen molar-refractivity contribution >= 4 is 12.1 Å². The van der Waals surface area contributed by atoms with Crippen LogP contribution in [0.2, 0.25) is 0 Å². The van der Waals surface area contributed by atoms with E-state index < -0.39 is 0 Å². The summed E-state index contributed by atoms with van der Waals surface area (Å²) in [5.41, 5.74) is 0.696. The van der Waals surface area contributed by atoms with Crippen LogP contribution in [0.25, 0.3) is 0 Å². The van der Waals surface area contributed by atoms with Gasteiger partial charge in [-0.25, -0.2) is 0 Å². The Morgan fingerprint density at radius 1 is 1.40 bits per heavy atom. The summed E-state index contributed by atoms with van der Waals surface area (Å²) in [6.45, 7) is 3.28. The standard InChI is InChI=1S/C8H12O2/c1-7(6-9)4-3-5-8(2)10/h4,6H,3,5H2,1-2H3/b7-4+. The molecule has 2 nitrogen and oxygen atoms in total. The molecule has 0 heterocycles. The van der Waals surface area contributed by atoms with Gasteiger partial charge in [-0.15, -0.1) is 0 Å². The Bertz CT molecular complexity index is 157. The molecule has 56 valence electrons. The first-order valence-corrected chi connectivity index (χ1v) is 3.28. The van der Waals surface area contributed by atoms with Crippen molar-refractivity contribution in [2.24, 2.45) is 0 Å². The third-order valence-corrected chi connectivity index (χ3v) is 1.15. The van der Waals surface area contributed by atoms with E-state index in [1.165, 1.54) is 0 Å². The fourth-order valence-corrected chi connectivity index (χ4v) is 0.551. The molecule has 0 atom stereocenters. The van der Waals surface area contributed by atoms with Gasteiger partial charge in [-0.2, -0.15) is 0 Å². The van der Waals surface area contributed by atoms with Gasteiger partial charge in [0.1, 0.15) is 12.1 Å². The van der Waals surface area contributed by atoms with Gasteiger partial charge in [-0.05, 0) is 25.8 Å². The molecule has 0 spiro atoms. The molecule has 0 N–H and O–H groups in total. The average Bonchev–Trinajstić information content (AvgIpc) is 1.87. The van der Waals surface area contributed by atoms with Crippen LogP contribution >= 0.6 is 0 Å². The molecule has 0 saturated heterocycles. The van der Waals surface area contributed by atoms with Gasteiger partial charge in [0.2, 0.25) is 0 Å². The number of allylic oxidation sites excluding steroid dienone is 2. The number of ketones is 1. The Kier molecular flexibility index (Phi) is 4.46. The van der Waals surface area contributed by atoms with E-state index in [9.17, 15) is 9.59 Å². The maximum atomic E-state index is 10.4. The van der Waals surface area contributed by atoms with Crippen molar-refractivity contribution in [2.75, 3.05) is 0 Å². The van der Waals surface area contributed by atoms with Gasteiger partial charge < -0.3 is 4.79 Å². The monoisotopic (exact) mass is 140 g/mol. The van der Waals surface area contributed by atoms with Crippen LogP contribution in [0.15, 0.2) is 11.6 Å². The van der Waals surface area contributed by atoms with Gasteiger partial charge in [-0.3, -0.25) is 4.79 Å². The van der Waals surface area contributed by atoms with Crippen molar-refractivity contribution < 1.29 is 9.59 Å². The number of hydrogen-bond donors (Lipinski definition) is 0. The van der Waals surface area contributed by atoms with Crippen LogP contribution in [0.1, 0.15) is 26.7 Å². The molecule has 0 aromatic carbocycles. The Morgan fingerprint density at radius 3 is 2.40 bits per heavy atom. The highest BCUT2D eigenvalue weighted by Gasteiger charge is 1.89. The van der Waals surface area contributed by atoms with Gasteiger partial charge in [-0.1, -0.05) is 6.08 Å². The summed E-state index contributed by atoms with van der Waals surface area (Å²) in [5, 5.41) is 0. The van der Waals surface area contributed by atoms with Gasteiger partial charge in [0.25, 0.3) is 0 Å². The Labute approximate surface area is 60.9 Å². The SMILES string of the molecule is CC(=O)CC/C=C(\C)C=O. The van der Waals surface area contributed by atoms with Crippen LogP contribution in [0, 0.1) is 0 Å². The van der Waals surface area contributed by atoms with E-state index in [2.05, 4.69) is 0 Å². The van der Waals surface area contributed by atoms with Gasteiger partial charge in [0, 0.05) is 6.42 Å². The summed E-state index contributed by atoms with van der Waals surface area (Å²) in [7, 11) is 0. The van der Waals surface area contributed by atoms with Crippen molar-refractivity contribution in [3.05, 3.63) is 11.6 Å². The molecular formula is C8H12O2. The molecule has 0 rings (SSSR count). The summed E-state index contributed by atoms with van der Waals surface area (Å²) in [6.07, 6.45) is 3.78. The fourth-order valence-electron chi connectivity index (χ4n) is 0.551. The lowest BCUT2D eigenvalue weighted by molar-refractivity contribution is -0.117. The first kappa shape index (κ1) is 9.08. The predicted molar refractivity (Wildman–Crippen MR) is 39.7 cm³/mol. The van der Waals surface area contributed by atoms with Crippen molar-refractivity contribution in [3.63, 3.8) is 0 Å². The van der Waals surface area contributed by atoms with E-state index in [0.717, 1.165) is 6.29 Å². The largest absolute Gasteiger partial charge is 0.300 e. The molecule has 0 aliphatic carbocycles. The summed E-state index contributed by atoms with van der Waals surface area (Å²) >= 11 is 0. The predicted octanol–water partition coefficient (Wildman–Crippen LogP) is 1.50. The van der Waals surface area contributed by atoms with E-state index >= 15 is 0 Å². The molecule has 10 heavy (non-hydrogen) atoms. The molecule has 0 aromatic heterocycles. The minimum absolute atomic E-state index is 0.162. The van der Waals surface area contributed by atoms with Crippen LogP contribution in [0.3, 0.4) is 0 Å². The first-order valence-electron chi connectivity index (χ1n) is 3.28. The van der Waals surface area contributed by atoms with E-state index in [4.69, 9.17) is 0 Å². The summed E-state index contributed by atoms with van der Waals surface area (Å²) in [5.74, 6) is 0.162. The lowest BCUT2D eigenvalue weighted by Gasteiger charge is -1.88. The van der Waals surface area contributed by atoms with E-state index in [1.807, 2.05) is 0 Å². The molecule has 2 heteroatoms. The van der Waals surface area contributed by atoms with Crippen LogP contribution in [-0.2, 0) is 9.59 Å². The number of carbonyl (C=O) groups excluding carboxylic acids is 2. The van der Waals surface area contributed by atoms with Crippen molar-refractivity contribution in [1.82, 2.24) is 0 Å². The lowest BCUT2D eigenvalue weighted by Crippen LogP contribution is -1.87. The molecule has 0 amide bonds. The molecule has 0 aromatic rings. The number of carbonyl (C=O) groups is 2. The molecule has 0 bridgehead atoms. The third-order valence-electron chi connectivity index (χ3n) is 1.15. The summed E-state index contributed by atoms with van der Waals surface area (Å²) in [6, 6.07) is 0. The number of rotatable bonds is 4. The summed E-state index contributed by atoms with van der Waals surface area (Å²) < 4.78 is 0. The van der Waals surface area contributed by atoms with Gasteiger partial charge >= 0.3 is 0 Å². The van der Waals surface area contributed by atoms with Crippen LogP contribution < -0.4 is 0 Å². The maximum Gasteiger partial charge on any atom is 0.145 e. The Morgan fingerprint density at radius 2 is 2.00 bits per heavy atom. The molecule has 0 radical (unpaired) electrons. The minimum atomic E-state index is 0.162. The molecule has 0 aliphatic rings. The maximum absolute atomic E-state index is 10.4. The number of Topliss-reactive ketones (excluding diaryl/α,β-unsaturated/α-hetero) is 1. The Hall–Kier alpha value is -0.920. The average molecular weight is 140 g/mol. The third kappa shape index (κ3) is 5.22. The number of hydrogen-bond acceptors (Lipinski definition) is 2. The normalized spacial score (nSPS) is 11.2. The highest BCUT2D eigenvalue weighted by atomic mass is 16.1. The first-order chi connectivity index (χ1) is 4.66. The van der Waals surface area contributed by atoms with Crippen molar-refractivity contribution in [2.45, 2.75) is 26.7 Å². The second kappa shape index (κ2) is 4.91. The highest BCUT2D eigenvalue weighted by Crippen LogP contribution is 1.95. The number of aldehydes is 1. The topological polar surface area (TPSA) is 34.1 Å². The Balaban J connectivity index is 3.52. The fraction of sp³-hybridized carbons (Fsp3) is 0.500. The van der Waals surface area contributed by atoms with E-state index in [0.29, 0.717) is 18.4 Å². The second-order valence-corrected chi connectivity index (χ2v) is 2.31. The molecule has 0 saturated carbocycles. The van der Waals surface area contributed by atoms with Crippen molar-refractivity contribution in [1.29, 1.82) is 0 Å². The minimum Gasteiger partial charge on any atom is -0.300 e. The van der Waals surface area contributed by atoms with Crippen molar-refractivity contribution in [3.8, 4) is 0 Å². The molecule has 0 fully saturated rings. The van der Waals surface area contributed by atoms with E-state index in [-0.39, 0.29) is 5.78 Å². The zero-order valence-electron chi connectivity index (χ0n) is 6.39. The zero-order valence-corrected chi connectivity index (χ0v) is 6.39. The molecular weight excluding hydrogens is 128 g/mol. The van der Waals surface area contributed by atoms with E-state index in [1.54, 1.807) is 19.9 Å². The summed E-state index contributed by atoms with van der Waals surface area (Å²) in [4.78, 5) is 20.4. The second-order valence-electron chi connectivity index (χ2n) is 2.31. The van der Waals surface area contributed by atoms with Gasteiger partial charge in [0.05, 0.1) is 0 Å². The molecule has 0 unspecified atom stereocenters. The van der Waals surface area contributed by atoms with Crippen LogP contribution in [0.5, 0.6) is 0 Å². The molecule has 0 aliphatic heterocycles. The quantitative estimate of drug-likeness (QED) is 0.438. The highest BCUT2D eigenvalue weighted by molar-refractivity contribution is 5.76. The van der Waals surface area contributed by atoms with Crippen LogP contribution in [-0.4, -0.2) is 12.1 Å². The zero-order chi connectivity index (χ0) is 7.98.